The normalized spacial score (nSPS) is 11.6. The summed E-state index contributed by atoms with van der Waals surface area (Å²) in [5.41, 5.74) is 0.919. The number of hydrogen-bond donors (Lipinski definition) is 1. The van der Waals surface area contributed by atoms with Gasteiger partial charge in [0.15, 0.2) is 5.16 Å². The fourth-order valence-electron chi connectivity index (χ4n) is 2.92. The van der Waals surface area contributed by atoms with E-state index in [-0.39, 0.29) is 21.5 Å². The first-order valence-corrected chi connectivity index (χ1v) is 13.1. The predicted molar refractivity (Wildman–Crippen MR) is 130 cm³/mol. The number of imidazole rings is 1. The Labute approximate surface area is 204 Å². The number of para-hydroxylation sites is 2. The Morgan fingerprint density at radius 1 is 1.03 bits per heavy atom. The molecule has 1 heterocycles. The van der Waals surface area contributed by atoms with Crippen molar-refractivity contribution in [3.8, 4) is 0 Å². The second-order valence-corrected chi connectivity index (χ2v) is 11.1. The van der Waals surface area contributed by atoms with E-state index in [1.54, 1.807) is 42.5 Å². The van der Waals surface area contributed by atoms with E-state index in [9.17, 15) is 17.6 Å². The third kappa shape index (κ3) is 4.75. The molecule has 0 aliphatic rings. The van der Waals surface area contributed by atoms with Crippen molar-refractivity contribution in [2.24, 2.45) is 0 Å². The first-order valence-electron chi connectivity index (χ1n) is 9.12. The first kappa shape index (κ1) is 23.0. The van der Waals surface area contributed by atoms with Gasteiger partial charge in [-0.05, 0) is 54.6 Å². The van der Waals surface area contributed by atoms with Gasteiger partial charge in [-0.3, -0.25) is 4.79 Å². The lowest BCUT2D eigenvalue weighted by molar-refractivity contribution is -0.113. The van der Waals surface area contributed by atoms with Crippen molar-refractivity contribution in [2.45, 2.75) is 10.1 Å². The van der Waals surface area contributed by atoms with Gasteiger partial charge in [0.1, 0.15) is 5.82 Å². The molecule has 0 fully saturated rings. The van der Waals surface area contributed by atoms with E-state index in [2.05, 4.69) is 42.2 Å². The molecule has 164 valence electrons. The van der Waals surface area contributed by atoms with Gasteiger partial charge in [-0.2, -0.15) is 0 Å². The summed E-state index contributed by atoms with van der Waals surface area (Å²) in [6, 6.07) is 17.4. The van der Waals surface area contributed by atoms with Crippen molar-refractivity contribution in [1.82, 2.24) is 8.96 Å². The summed E-state index contributed by atoms with van der Waals surface area (Å²) in [6.07, 6.45) is 0. The molecule has 11 heteroatoms. The Morgan fingerprint density at radius 3 is 2.44 bits per heavy atom. The molecule has 0 aliphatic heterocycles. The van der Waals surface area contributed by atoms with Crippen LogP contribution in [0.15, 0.2) is 85.7 Å². The number of hydrogen-bond acceptors (Lipinski definition) is 5. The van der Waals surface area contributed by atoms with Crippen molar-refractivity contribution in [3.63, 3.8) is 0 Å². The Kier molecular flexibility index (Phi) is 6.70. The Bertz CT molecular complexity index is 1420. The van der Waals surface area contributed by atoms with Gasteiger partial charge in [-0.1, -0.05) is 55.8 Å². The summed E-state index contributed by atoms with van der Waals surface area (Å²) in [5.74, 6) is -1.23. The number of thioether (sulfide) groups is 1. The molecule has 0 unspecified atom stereocenters. The third-order valence-electron chi connectivity index (χ3n) is 4.38. The monoisotopic (exact) mass is 597 g/mol. The first-order chi connectivity index (χ1) is 15.3. The lowest BCUT2D eigenvalue weighted by Gasteiger charge is -2.11. The molecule has 0 saturated heterocycles. The van der Waals surface area contributed by atoms with Crippen LogP contribution >= 0.6 is 43.6 Å². The SMILES string of the molecule is O=C(CSc1nc2ccccc2n1S(=O)(=O)c1ccc(Br)cc1)Nc1ccc(Br)cc1F. The molecular formula is C21H14Br2FN3O3S2. The number of carbonyl (C=O) groups excluding carboxylic acids is 1. The molecule has 0 radical (unpaired) electrons. The second-order valence-electron chi connectivity index (χ2n) is 6.57. The number of nitrogens with zero attached hydrogens (tertiary/aromatic N) is 2. The fourth-order valence-corrected chi connectivity index (χ4v) is 6.04. The number of benzene rings is 3. The maximum absolute atomic E-state index is 14.0. The molecule has 0 atom stereocenters. The molecule has 32 heavy (non-hydrogen) atoms. The van der Waals surface area contributed by atoms with Gasteiger partial charge in [0.25, 0.3) is 10.0 Å². The van der Waals surface area contributed by atoms with Gasteiger partial charge in [0.05, 0.1) is 27.4 Å². The minimum atomic E-state index is -3.97. The van der Waals surface area contributed by atoms with E-state index >= 15 is 0 Å². The summed E-state index contributed by atoms with van der Waals surface area (Å²) < 4.78 is 43.2. The molecule has 4 rings (SSSR count). The number of rotatable bonds is 6. The smallest absolute Gasteiger partial charge is 0.270 e. The van der Waals surface area contributed by atoms with Gasteiger partial charge in [-0.25, -0.2) is 21.8 Å². The third-order valence-corrected chi connectivity index (χ3v) is 8.17. The summed E-state index contributed by atoms with van der Waals surface area (Å²) in [4.78, 5) is 16.9. The van der Waals surface area contributed by atoms with Crippen LogP contribution in [0.1, 0.15) is 0 Å². The summed E-state index contributed by atoms with van der Waals surface area (Å²) in [6.45, 7) is 0. The Morgan fingerprint density at radius 2 is 1.72 bits per heavy atom. The summed E-state index contributed by atoms with van der Waals surface area (Å²) in [7, 11) is -3.97. The van der Waals surface area contributed by atoms with Crippen LogP contribution in [0.5, 0.6) is 0 Å². The van der Waals surface area contributed by atoms with Gasteiger partial charge in [-0.15, -0.1) is 0 Å². The van der Waals surface area contributed by atoms with Crippen molar-refractivity contribution in [3.05, 3.63) is 81.5 Å². The highest BCUT2D eigenvalue weighted by Gasteiger charge is 2.25. The van der Waals surface area contributed by atoms with Gasteiger partial charge in [0.2, 0.25) is 5.91 Å². The zero-order chi connectivity index (χ0) is 22.9. The van der Waals surface area contributed by atoms with Crippen LogP contribution in [0.4, 0.5) is 10.1 Å². The lowest BCUT2D eigenvalue weighted by atomic mass is 10.3. The fraction of sp³-hybridized carbons (Fsp3) is 0.0476. The van der Waals surface area contributed by atoms with Crippen LogP contribution in [-0.2, 0) is 14.8 Å². The highest BCUT2D eigenvalue weighted by atomic mass is 79.9. The molecule has 6 nitrogen and oxygen atoms in total. The van der Waals surface area contributed by atoms with Gasteiger partial charge < -0.3 is 5.32 Å². The van der Waals surface area contributed by atoms with Crippen LogP contribution in [-0.4, -0.2) is 29.0 Å². The number of anilines is 1. The largest absolute Gasteiger partial charge is 0.323 e. The molecule has 1 N–H and O–H groups in total. The molecule has 0 spiro atoms. The van der Waals surface area contributed by atoms with E-state index in [1.165, 1.54) is 24.3 Å². The molecular weight excluding hydrogens is 585 g/mol. The van der Waals surface area contributed by atoms with E-state index in [0.29, 0.717) is 15.5 Å². The number of fused-ring (bicyclic) bond motifs is 1. The van der Waals surface area contributed by atoms with Crippen molar-refractivity contribution >= 4 is 76.3 Å². The molecule has 0 bridgehead atoms. The lowest BCUT2D eigenvalue weighted by Crippen LogP contribution is -2.17. The predicted octanol–water partition coefficient (Wildman–Crippen LogP) is 5.67. The summed E-state index contributed by atoms with van der Waals surface area (Å²) >= 11 is 7.42. The molecule has 0 saturated carbocycles. The number of nitrogens with one attached hydrogen (secondary N) is 1. The van der Waals surface area contributed by atoms with E-state index in [4.69, 9.17) is 0 Å². The van der Waals surface area contributed by atoms with Gasteiger partial charge >= 0.3 is 0 Å². The molecule has 0 aliphatic carbocycles. The van der Waals surface area contributed by atoms with Crippen LogP contribution in [0.3, 0.4) is 0 Å². The number of carbonyl (C=O) groups is 1. The minimum absolute atomic E-state index is 0.0368. The highest BCUT2D eigenvalue weighted by Crippen LogP contribution is 2.29. The minimum Gasteiger partial charge on any atom is -0.323 e. The number of amides is 1. The van der Waals surface area contributed by atoms with Crippen LogP contribution in [0.2, 0.25) is 0 Å². The standard InChI is InChI=1S/C21H14Br2FN3O3S2/c22-13-5-8-15(9-6-13)32(29,30)27-19-4-2-1-3-18(19)26-21(27)31-12-20(28)25-17-10-7-14(23)11-16(17)24/h1-11H,12H2,(H,25,28). The van der Waals surface area contributed by atoms with Crippen molar-refractivity contribution in [2.75, 3.05) is 11.1 Å². The van der Waals surface area contributed by atoms with Crippen LogP contribution in [0.25, 0.3) is 11.0 Å². The average Bonchev–Trinajstić information content (AvgIpc) is 3.14. The number of halogens is 3. The quantitative estimate of drug-likeness (QED) is 0.289. The molecule has 1 amide bonds. The molecule has 4 aromatic rings. The zero-order valence-corrected chi connectivity index (χ0v) is 20.9. The second kappa shape index (κ2) is 9.34. The maximum Gasteiger partial charge on any atom is 0.270 e. The zero-order valence-electron chi connectivity index (χ0n) is 16.1. The van der Waals surface area contributed by atoms with E-state index in [0.717, 1.165) is 20.2 Å². The maximum atomic E-state index is 14.0. The van der Waals surface area contributed by atoms with Gasteiger partial charge in [0, 0.05) is 8.95 Å². The van der Waals surface area contributed by atoms with E-state index in [1.807, 2.05) is 0 Å². The highest BCUT2D eigenvalue weighted by molar-refractivity contribution is 9.10. The average molecular weight is 599 g/mol. The molecule has 1 aromatic heterocycles. The van der Waals surface area contributed by atoms with Crippen molar-refractivity contribution in [1.29, 1.82) is 0 Å². The summed E-state index contributed by atoms with van der Waals surface area (Å²) in [5, 5.41) is 2.63. The number of aromatic nitrogens is 2. The molecule has 3 aromatic carbocycles. The Hall–Kier alpha value is -2.21. The topological polar surface area (TPSA) is 81.1 Å². The Balaban J connectivity index is 1.64. The van der Waals surface area contributed by atoms with E-state index < -0.39 is 21.7 Å². The van der Waals surface area contributed by atoms with Crippen LogP contribution in [0, 0.1) is 5.82 Å². The van der Waals surface area contributed by atoms with Crippen molar-refractivity contribution < 1.29 is 17.6 Å². The van der Waals surface area contributed by atoms with Crippen LogP contribution < -0.4 is 5.32 Å².